The highest BCUT2D eigenvalue weighted by atomic mass is 19.4. The average Bonchev–Trinajstić information content (AvgIpc) is 2.29. The van der Waals surface area contributed by atoms with Gasteiger partial charge in [-0.3, -0.25) is 4.79 Å². The third-order valence-electron chi connectivity index (χ3n) is 2.02. The van der Waals surface area contributed by atoms with E-state index in [1.165, 1.54) is 12.2 Å². The lowest BCUT2D eigenvalue weighted by atomic mass is 10.2. The number of azide groups is 1. The molecule has 96 valence electrons. The summed E-state index contributed by atoms with van der Waals surface area (Å²) < 4.78 is 37.2. The van der Waals surface area contributed by atoms with Crippen molar-refractivity contribution in [3.63, 3.8) is 0 Å². The van der Waals surface area contributed by atoms with Crippen molar-refractivity contribution >= 4 is 6.08 Å². The Hall–Kier alpha value is -2.21. The molecule has 0 aliphatic rings. The van der Waals surface area contributed by atoms with Crippen molar-refractivity contribution in [1.82, 2.24) is 4.98 Å². The van der Waals surface area contributed by atoms with Crippen LogP contribution in [-0.4, -0.2) is 11.5 Å². The highest BCUT2D eigenvalue weighted by Crippen LogP contribution is 2.28. The quantitative estimate of drug-likeness (QED) is 0.383. The first-order valence-corrected chi connectivity index (χ1v) is 4.92. The molecule has 0 unspecified atom stereocenters. The highest BCUT2D eigenvalue weighted by Gasteiger charge is 2.31. The number of H-pyrrole nitrogens is 1. The maximum absolute atomic E-state index is 12.4. The number of rotatable bonds is 4. The number of halogens is 3. The zero-order chi connectivity index (χ0) is 13.6. The van der Waals surface area contributed by atoms with Gasteiger partial charge in [0.2, 0.25) is 0 Å². The van der Waals surface area contributed by atoms with Crippen molar-refractivity contribution in [2.24, 2.45) is 5.11 Å². The lowest BCUT2D eigenvalue weighted by Gasteiger charge is -2.06. The van der Waals surface area contributed by atoms with Gasteiger partial charge in [0.05, 0.1) is 5.56 Å². The summed E-state index contributed by atoms with van der Waals surface area (Å²) in [6.45, 7) is 0.184. The van der Waals surface area contributed by atoms with Crippen LogP contribution in [0.2, 0.25) is 0 Å². The molecule has 0 aliphatic carbocycles. The fraction of sp³-hybridized carbons (Fsp3) is 0.300. The Kier molecular flexibility index (Phi) is 4.56. The molecule has 0 amide bonds. The van der Waals surface area contributed by atoms with Gasteiger partial charge >= 0.3 is 6.18 Å². The lowest BCUT2D eigenvalue weighted by molar-refractivity contribution is -0.137. The first-order chi connectivity index (χ1) is 8.45. The van der Waals surface area contributed by atoms with Crippen LogP contribution in [0.3, 0.4) is 0 Å². The van der Waals surface area contributed by atoms with Crippen LogP contribution in [0.1, 0.15) is 17.5 Å². The molecule has 8 heteroatoms. The van der Waals surface area contributed by atoms with Crippen LogP contribution in [-0.2, 0) is 6.18 Å². The Bertz CT molecular complexity index is 541. The molecule has 0 spiro atoms. The number of nitrogens with zero attached hydrogens (tertiary/aromatic N) is 3. The molecule has 0 saturated heterocycles. The van der Waals surface area contributed by atoms with E-state index in [2.05, 4.69) is 10.0 Å². The lowest BCUT2D eigenvalue weighted by Crippen LogP contribution is -2.14. The van der Waals surface area contributed by atoms with E-state index in [1.54, 1.807) is 0 Å². The number of pyridine rings is 1. The van der Waals surface area contributed by atoms with Gasteiger partial charge in [-0.05, 0) is 18.0 Å². The summed E-state index contributed by atoms with van der Waals surface area (Å²) in [5.74, 6) is 0. The zero-order valence-corrected chi connectivity index (χ0v) is 9.11. The van der Waals surface area contributed by atoms with Gasteiger partial charge in [0, 0.05) is 23.2 Å². The second kappa shape index (κ2) is 5.92. The molecule has 0 atom stereocenters. The van der Waals surface area contributed by atoms with Crippen molar-refractivity contribution < 1.29 is 13.2 Å². The van der Waals surface area contributed by atoms with Gasteiger partial charge in [-0.2, -0.15) is 13.2 Å². The summed E-state index contributed by atoms with van der Waals surface area (Å²) in [6.07, 6.45) is -0.794. The molecular formula is C10H9F3N4O. The third kappa shape index (κ3) is 3.99. The normalized spacial score (nSPS) is 11.5. The minimum atomic E-state index is -4.50. The molecule has 0 saturated carbocycles. The molecule has 1 heterocycles. The molecule has 1 rings (SSSR count). The number of aromatic amines is 1. The maximum Gasteiger partial charge on any atom is 0.417 e. The largest absolute Gasteiger partial charge is 0.417 e. The van der Waals surface area contributed by atoms with Crippen molar-refractivity contribution in [2.45, 2.75) is 12.6 Å². The molecule has 0 fully saturated rings. The molecule has 1 N–H and O–H groups in total. The summed E-state index contributed by atoms with van der Waals surface area (Å²) in [5.41, 5.74) is 6.39. The Labute approximate surface area is 99.6 Å². The fourth-order valence-electron chi connectivity index (χ4n) is 1.18. The summed E-state index contributed by atoms with van der Waals surface area (Å²) in [6, 6.07) is 0.767. The molecule has 0 bridgehead atoms. The second-order valence-corrected chi connectivity index (χ2v) is 3.32. The Morgan fingerprint density at radius 1 is 1.50 bits per heavy atom. The molecule has 1 aromatic heterocycles. The van der Waals surface area contributed by atoms with Gasteiger partial charge in [0.15, 0.2) is 0 Å². The standard InChI is InChI=1S/C10H9F3N4O/c11-10(12,13)8-5-7(9(18)15-6-8)3-1-2-4-16-17-14/h1,3,5-6H,2,4H2,(H,15,18). The minimum Gasteiger partial charge on any atom is -0.328 e. The van der Waals surface area contributed by atoms with E-state index in [9.17, 15) is 18.0 Å². The van der Waals surface area contributed by atoms with Crippen LogP contribution in [0, 0.1) is 0 Å². The zero-order valence-electron chi connectivity index (χ0n) is 9.11. The van der Waals surface area contributed by atoms with E-state index in [1.807, 2.05) is 4.98 Å². The summed E-state index contributed by atoms with van der Waals surface area (Å²) in [4.78, 5) is 15.8. The smallest absolute Gasteiger partial charge is 0.328 e. The van der Waals surface area contributed by atoms with Crippen LogP contribution >= 0.6 is 0 Å². The fourth-order valence-corrected chi connectivity index (χ4v) is 1.18. The van der Waals surface area contributed by atoms with Gasteiger partial charge < -0.3 is 4.98 Å². The van der Waals surface area contributed by atoms with Crippen molar-refractivity contribution in [3.8, 4) is 0 Å². The third-order valence-corrected chi connectivity index (χ3v) is 2.02. The second-order valence-electron chi connectivity index (χ2n) is 3.32. The van der Waals surface area contributed by atoms with Crippen LogP contribution in [0.25, 0.3) is 16.5 Å². The predicted octanol–water partition coefficient (Wildman–Crippen LogP) is 3.11. The SMILES string of the molecule is [N-]=[N+]=NCCC=Cc1cc(C(F)(F)F)c[nH]c1=O. The van der Waals surface area contributed by atoms with Crippen molar-refractivity contribution in [1.29, 1.82) is 0 Å². The van der Waals surface area contributed by atoms with Gasteiger partial charge in [0.25, 0.3) is 5.56 Å². The van der Waals surface area contributed by atoms with Crippen LogP contribution < -0.4 is 5.56 Å². The van der Waals surface area contributed by atoms with E-state index in [4.69, 9.17) is 5.53 Å². The van der Waals surface area contributed by atoms with E-state index < -0.39 is 17.3 Å². The number of hydrogen-bond acceptors (Lipinski definition) is 2. The molecule has 0 aliphatic heterocycles. The van der Waals surface area contributed by atoms with Crippen LogP contribution in [0.4, 0.5) is 13.2 Å². The number of alkyl halides is 3. The Balaban J connectivity index is 2.88. The van der Waals surface area contributed by atoms with Crippen LogP contribution in [0.5, 0.6) is 0 Å². The van der Waals surface area contributed by atoms with Gasteiger partial charge in [0.1, 0.15) is 0 Å². The number of hydrogen-bond donors (Lipinski definition) is 1. The molecule has 0 aromatic carbocycles. The monoisotopic (exact) mass is 258 g/mol. The average molecular weight is 258 g/mol. The molecular weight excluding hydrogens is 249 g/mol. The van der Waals surface area contributed by atoms with E-state index in [-0.39, 0.29) is 12.1 Å². The van der Waals surface area contributed by atoms with E-state index in [0.29, 0.717) is 12.6 Å². The highest BCUT2D eigenvalue weighted by molar-refractivity contribution is 5.49. The molecule has 18 heavy (non-hydrogen) atoms. The minimum absolute atomic E-state index is 0.0919. The summed E-state index contributed by atoms with van der Waals surface area (Å²) >= 11 is 0. The van der Waals surface area contributed by atoms with Crippen LogP contribution in [0.15, 0.2) is 28.2 Å². The topological polar surface area (TPSA) is 81.6 Å². The van der Waals surface area contributed by atoms with Gasteiger partial charge in [-0.1, -0.05) is 17.3 Å². The van der Waals surface area contributed by atoms with Crippen molar-refractivity contribution in [2.75, 3.05) is 6.54 Å². The predicted molar refractivity (Wildman–Crippen MR) is 59.7 cm³/mol. The van der Waals surface area contributed by atoms with Gasteiger partial charge in [-0.15, -0.1) is 0 Å². The number of nitrogens with one attached hydrogen (secondary N) is 1. The number of aromatic nitrogens is 1. The first-order valence-electron chi connectivity index (χ1n) is 4.92. The van der Waals surface area contributed by atoms with E-state index >= 15 is 0 Å². The Morgan fingerprint density at radius 3 is 2.83 bits per heavy atom. The Morgan fingerprint density at radius 2 is 2.22 bits per heavy atom. The molecule has 1 aromatic rings. The van der Waals surface area contributed by atoms with E-state index in [0.717, 1.165) is 6.07 Å². The summed E-state index contributed by atoms with van der Waals surface area (Å²) in [7, 11) is 0. The van der Waals surface area contributed by atoms with Crippen molar-refractivity contribution in [3.05, 3.63) is 50.3 Å². The molecule has 0 radical (unpaired) electrons. The molecule has 5 nitrogen and oxygen atoms in total. The first kappa shape index (κ1) is 13.9. The summed E-state index contributed by atoms with van der Waals surface area (Å²) in [5, 5.41) is 3.25. The van der Waals surface area contributed by atoms with Gasteiger partial charge in [-0.25, -0.2) is 0 Å². The maximum atomic E-state index is 12.4.